The van der Waals surface area contributed by atoms with E-state index in [1.54, 1.807) is 6.33 Å². The molecule has 0 radical (unpaired) electrons. The van der Waals surface area contributed by atoms with Gasteiger partial charge >= 0.3 is 0 Å². The molecule has 0 saturated carbocycles. The minimum Gasteiger partial charge on any atom is -0.371 e. The largest absolute Gasteiger partial charge is 0.371 e. The van der Waals surface area contributed by atoms with Crippen molar-refractivity contribution < 1.29 is 0 Å². The van der Waals surface area contributed by atoms with Crippen LogP contribution in [-0.4, -0.2) is 21.4 Å². The van der Waals surface area contributed by atoms with Crippen molar-refractivity contribution in [3.63, 3.8) is 0 Å². The van der Waals surface area contributed by atoms with Crippen molar-refractivity contribution in [3.8, 4) is 0 Å². The number of hydrogen-bond donors (Lipinski definition) is 1. The maximum absolute atomic E-state index is 4.55. The van der Waals surface area contributed by atoms with Crippen LogP contribution in [0.4, 0.5) is 5.82 Å². The van der Waals surface area contributed by atoms with Gasteiger partial charge in [0.05, 0.1) is 11.0 Å². The Morgan fingerprint density at radius 1 is 1.31 bits per heavy atom. The summed E-state index contributed by atoms with van der Waals surface area (Å²) in [4.78, 5) is 8.81. The SMILES string of the molecule is CNc1nc2ccccc2n2cnc(Br)c12. The van der Waals surface area contributed by atoms with Crippen molar-refractivity contribution in [3.05, 3.63) is 35.2 Å². The summed E-state index contributed by atoms with van der Waals surface area (Å²) in [5.74, 6) is 0.822. The Balaban J connectivity index is 2.58. The monoisotopic (exact) mass is 276 g/mol. The second-order valence-electron chi connectivity index (χ2n) is 3.45. The van der Waals surface area contributed by atoms with Gasteiger partial charge in [-0.25, -0.2) is 9.97 Å². The minimum atomic E-state index is 0.801. The Labute approximate surface area is 100 Å². The highest BCUT2D eigenvalue weighted by Gasteiger charge is 2.10. The lowest BCUT2D eigenvalue weighted by Gasteiger charge is -2.06. The van der Waals surface area contributed by atoms with Gasteiger partial charge < -0.3 is 5.32 Å². The summed E-state index contributed by atoms with van der Waals surface area (Å²) in [7, 11) is 1.86. The van der Waals surface area contributed by atoms with Gasteiger partial charge in [0.1, 0.15) is 16.4 Å². The predicted molar refractivity (Wildman–Crippen MR) is 67.7 cm³/mol. The van der Waals surface area contributed by atoms with Crippen molar-refractivity contribution in [2.45, 2.75) is 0 Å². The molecule has 2 heterocycles. The second-order valence-corrected chi connectivity index (χ2v) is 4.20. The molecular formula is C11H9BrN4. The van der Waals surface area contributed by atoms with E-state index in [9.17, 15) is 0 Å². The molecule has 16 heavy (non-hydrogen) atoms. The summed E-state index contributed by atoms with van der Waals surface area (Å²) >= 11 is 3.43. The summed E-state index contributed by atoms with van der Waals surface area (Å²) in [6.07, 6.45) is 1.80. The molecule has 5 heteroatoms. The number of nitrogens with zero attached hydrogens (tertiary/aromatic N) is 3. The number of fused-ring (bicyclic) bond motifs is 3. The normalized spacial score (nSPS) is 11.1. The molecule has 0 fully saturated rings. The van der Waals surface area contributed by atoms with Gasteiger partial charge in [-0.2, -0.15) is 0 Å². The minimum absolute atomic E-state index is 0.801. The van der Waals surface area contributed by atoms with Crippen molar-refractivity contribution in [2.75, 3.05) is 12.4 Å². The Morgan fingerprint density at radius 2 is 2.12 bits per heavy atom. The van der Waals surface area contributed by atoms with Gasteiger partial charge in [-0.3, -0.25) is 4.40 Å². The van der Waals surface area contributed by atoms with E-state index in [0.29, 0.717) is 0 Å². The van der Waals surface area contributed by atoms with Crippen molar-refractivity contribution in [2.24, 2.45) is 0 Å². The number of aromatic nitrogens is 3. The third kappa shape index (κ3) is 1.21. The first-order valence-corrected chi connectivity index (χ1v) is 5.69. The standard InChI is InChI=1S/C11H9BrN4/c1-13-11-9-10(12)14-6-16(9)8-5-3-2-4-7(8)15-11/h2-6H,1H3,(H,13,15). The maximum atomic E-state index is 4.55. The molecular weight excluding hydrogens is 268 g/mol. The molecule has 0 saturated heterocycles. The zero-order chi connectivity index (χ0) is 11.1. The van der Waals surface area contributed by atoms with Crippen LogP contribution in [0.15, 0.2) is 35.2 Å². The lowest BCUT2D eigenvalue weighted by atomic mass is 10.3. The van der Waals surface area contributed by atoms with E-state index in [2.05, 4.69) is 31.2 Å². The lowest BCUT2D eigenvalue weighted by molar-refractivity contribution is 1.18. The fourth-order valence-electron chi connectivity index (χ4n) is 1.83. The van der Waals surface area contributed by atoms with Gasteiger partial charge in [0.2, 0.25) is 0 Å². The molecule has 4 nitrogen and oxygen atoms in total. The van der Waals surface area contributed by atoms with Gasteiger partial charge in [0, 0.05) is 7.05 Å². The lowest BCUT2D eigenvalue weighted by Crippen LogP contribution is -1.98. The summed E-state index contributed by atoms with van der Waals surface area (Å²) < 4.78 is 2.83. The van der Waals surface area contributed by atoms with E-state index in [4.69, 9.17) is 0 Å². The van der Waals surface area contributed by atoms with Crippen LogP contribution in [0.2, 0.25) is 0 Å². The zero-order valence-corrected chi connectivity index (χ0v) is 10.2. The van der Waals surface area contributed by atoms with Gasteiger partial charge in [-0.15, -0.1) is 0 Å². The number of anilines is 1. The number of nitrogens with one attached hydrogen (secondary N) is 1. The Morgan fingerprint density at radius 3 is 2.94 bits per heavy atom. The summed E-state index contributed by atoms with van der Waals surface area (Å²) in [5, 5.41) is 3.09. The average Bonchev–Trinajstić information content (AvgIpc) is 2.71. The first-order valence-electron chi connectivity index (χ1n) is 4.90. The van der Waals surface area contributed by atoms with Crippen LogP contribution in [-0.2, 0) is 0 Å². The molecule has 3 rings (SSSR count). The fourth-order valence-corrected chi connectivity index (χ4v) is 2.30. The second kappa shape index (κ2) is 3.45. The number of rotatable bonds is 1. The highest BCUT2D eigenvalue weighted by Crippen LogP contribution is 2.26. The number of halogens is 1. The molecule has 0 aliphatic carbocycles. The van der Waals surface area contributed by atoms with Crippen molar-refractivity contribution >= 4 is 38.3 Å². The van der Waals surface area contributed by atoms with Crippen LogP contribution in [0.3, 0.4) is 0 Å². The molecule has 1 N–H and O–H groups in total. The van der Waals surface area contributed by atoms with Crippen LogP contribution >= 0.6 is 15.9 Å². The molecule has 80 valence electrons. The van der Waals surface area contributed by atoms with Gasteiger partial charge in [-0.1, -0.05) is 12.1 Å². The molecule has 3 aromatic rings. The number of benzene rings is 1. The van der Waals surface area contributed by atoms with E-state index in [1.807, 2.05) is 35.7 Å². The molecule has 1 aromatic carbocycles. The van der Waals surface area contributed by atoms with Gasteiger partial charge in [0.25, 0.3) is 0 Å². The Bertz CT molecular complexity index is 674. The first-order chi connectivity index (χ1) is 7.81. The van der Waals surface area contributed by atoms with E-state index in [-0.39, 0.29) is 0 Å². The Kier molecular flexibility index (Phi) is 2.07. The number of hydrogen-bond acceptors (Lipinski definition) is 3. The molecule has 0 atom stereocenters. The average molecular weight is 277 g/mol. The molecule has 0 aliphatic rings. The molecule has 2 aromatic heterocycles. The smallest absolute Gasteiger partial charge is 0.153 e. The van der Waals surface area contributed by atoms with Crippen LogP contribution < -0.4 is 5.32 Å². The third-order valence-electron chi connectivity index (χ3n) is 2.56. The molecule has 0 bridgehead atoms. The number of imidazole rings is 1. The van der Waals surface area contributed by atoms with E-state index in [1.165, 1.54) is 0 Å². The van der Waals surface area contributed by atoms with Crippen LogP contribution in [0, 0.1) is 0 Å². The first kappa shape index (κ1) is 9.59. The van der Waals surface area contributed by atoms with Crippen molar-refractivity contribution in [1.29, 1.82) is 0 Å². The van der Waals surface area contributed by atoms with Crippen molar-refractivity contribution in [1.82, 2.24) is 14.4 Å². The summed E-state index contributed by atoms with van der Waals surface area (Å²) in [5.41, 5.74) is 2.96. The van der Waals surface area contributed by atoms with E-state index < -0.39 is 0 Å². The topological polar surface area (TPSA) is 42.2 Å². The van der Waals surface area contributed by atoms with Crippen LogP contribution in [0.5, 0.6) is 0 Å². The van der Waals surface area contributed by atoms with Crippen LogP contribution in [0.25, 0.3) is 16.6 Å². The van der Waals surface area contributed by atoms with Crippen LogP contribution in [0.1, 0.15) is 0 Å². The molecule has 0 unspecified atom stereocenters. The van der Waals surface area contributed by atoms with Gasteiger partial charge in [-0.05, 0) is 28.1 Å². The summed E-state index contributed by atoms with van der Waals surface area (Å²) in [6, 6.07) is 8.00. The highest BCUT2D eigenvalue weighted by molar-refractivity contribution is 9.10. The molecule has 0 aliphatic heterocycles. The number of para-hydroxylation sites is 2. The predicted octanol–water partition coefficient (Wildman–Crippen LogP) is 2.69. The maximum Gasteiger partial charge on any atom is 0.153 e. The van der Waals surface area contributed by atoms with E-state index >= 15 is 0 Å². The third-order valence-corrected chi connectivity index (χ3v) is 3.14. The zero-order valence-electron chi connectivity index (χ0n) is 8.61. The summed E-state index contributed by atoms with van der Waals surface area (Å²) in [6.45, 7) is 0. The van der Waals surface area contributed by atoms with Gasteiger partial charge in [0.15, 0.2) is 5.82 Å². The quantitative estimate of drug-likeness (QED) is 0.743. The fraction of sp³-hybridized carbons (Fsp3) is 0.0909. The Hall–Kier alpha value is -1.62. The van der Waals surface area contributed by atoms with E-state index in [0.717, 1.165) is 27.0 Å². The molecule has 0 spiro atoms. The highest BCUT2D eigenvalue weighted by atomic mass is 79.9. The molecule has 0 amide bonds.